The molecular formula is C28H52OSi2. The van der Waals surface area contributed by atoms with Crippen molar-refractivity contribution in [3.63, 3.8) is 0 Å². The fourth-order valence-electron chi connectivity index (χ4n) is 4.60. The molecule has 0 bridgehead atoms. The van der Waals surface area contributed by atoms with Gasteiger partial charge < -0.3 is 4.43 Å². The van der Waals surface area contributed by atoms with Gasteiger partial charge in [-0.15, -0.1) is 0 Å². The molecule has 0 aromatic heterocycles. The van der Waals surface area contributed by atoms with Crippen LogP contribution < -0.4 is 0 Å². The first-order valence-corrected chi connectivity index (χ1v) is 19.1. The lowest BCUT2D eigenvalue weighted by molar-refractivity contribution is 0.0829. The quantitative estimate of drug-likeness (QED) is 0.187. The van der Waals surface area contributed by atoms with Gasteiger partial charge in [0, 0.05) is 0 Å². The van der Waals surface area contributed by atoms with Gasteiger partial charge in [-0.25, -0.2) is 0 Å². The van der Waals surface area contributed by atoms with E-state index in [0.29, 0.717) is 0 Å². The Bertz CT molecular complexity index is 658. The van der Waals surface area contributed by atoms with E-state index in [9.17, 15) is 0 Å². The Hall–Kier alpha value is -0.646. The SMILES string of the molecule is CCCC/C(=C\[Si](C)(C)C)c1cccc(CCCCC(C)(C)O[Si](CC)(CC)CC)c1. The van der Waals surface area contributed by atoms with E-state index >= 15 is 0 Å². The van der Waals surface area contributed by atoms with Crippen LogP contribution in [0.2, 0.25) is 37.8 Å². The second-order valence-electron chi connectivity index (χ2n) is 11.2. The third-order valence-electron chi connectivity index (χ3n) is 6.62. The van der Waals surface area contributed by atoms with E-state index in [0.717, 1.165) is 0 Å². The van der Waals surface area contributed by atoms with Crippen LogP contribution >= 0.6 is 0 Å². The molecule has 0 fully saturated rings. The second kappa shape index (κ2) is 13.2. The molecule has 1 rings (SSSR count). The van der Waals surface area contributed by atoms with Gasteiger partial charge >= 0.3 is 0 Å². The summed E-state index contributed by atoms with van der Waals surface area (Å²) < 4.78 is 6.80. The molecule has 0 N–H and O–H groups in total. The van der Waals surface area contributed by atoms with Crippen LogP contribution in [0.1, 0.15) is 91.2 Å². The summed E-state index contributed by atoms with van der Waals surface area (Å²) in [5.74, 6) is 0. The average molecular weight is 461 g/mol. The van der Waals surface area contributed by atoms with E-state index in [4.69, 9.17) is 4.43 Å². The molecule has 0 heterocycles. The predicted molar refractivity (Wildman–Crippen MR) is 147 cm³/mol. The van der Waals surface area contributed by atoms with Gasteiger partial charge in [0.05, 0.1) is 13.7 Å². The third-order valence-corrected chi connectivity index (χ3v) is 12.7. The van der Waals surface area contributed by atoms with Crippen molar-refractivity contribution in [1.29, 1.82) is 0 Å². The molecule has 0 unspecified atom stereocenters. The fourth-order valence-corrected chi connectivity index (χ4v) is 9.16. The van der Waals surface area contributed by atoms with Crippen molar-refractivity contribution in [2.45, 2.75) is 130 Å². The van der Waals surface area contributed by atoms with Crippen LogP contribution in [-0.2, 0) is 10.8 Å². The molecule has 31 heavy (non-hydrogen) atoms. The van der Waals surface area contributed by atoms with Crippen molar-refractivity contribution >= 4 is 22.0 Å². The minimum Gasteiger partial charge on any atom is -0.412 e. The minimum absolute atomic E-state index is 0.0174. The van der Waals surface area contributed by atoms with Gasteiger partial charge in [-0.05, 0) is 80.8 Å². The molecule has 0 aliphatic heterocycles. The van der Waals surface area contributed by atoms with Crippen molar-refractivity contribution in [2.24, 2.45) is 0 Å². The van der Waals surface area contributed by atoms with Crippen LogP contribution in [0.3, 0.4) is 0 Å². The molecule has 1 aromatic carbocycles. The Morgan fingerprint density at radius 1 is 0.935 bits per heavy atom. The van der Waals surface area contributed by atoms with Crippen molar-refractivity contribution in [3.8, 4) is 0 Å². The zero-order chi connectivity index (χ0) is 23.5. The number of allylic oxidation sites excluding steroid dienone is 1. The Kier molecular flexibility index (Phi) is 12.0. The van der Waals surface area contributed by atoms with E-state index in [2.05, 4.69) is 91.1 Å². The average Bonchev–Trinajstić information content (AvgIpc) is 2.72. The van der Waals surface area contributed by atoms with Gasteiger partial charge in [0.15, 0.2) is 8.32 Å². The number of hydrogen-bond donors (Lipinski definition) is 0. The van der Waals surface area contributed by atoms with Crippen LogP contribution in [0, 0.1) is 0 Å². The first kappa shape index (κ1) is 28.4. The highest BCUT2D eigenvalue weighted by molar-refractivity contribution is 6.81. The first-order chi connectivity index (χ1) is 14.5. The lowest BCUT2D eigenvalue weighted by Gasteiger charge is -2.38. The molecule has 0 aliphatic carbocycles. The summed E-state index contributed by atoms with van der Waals surface area (Å²) in [7, 11) is -2.76. The van der Waals surface area contributed by atoms with Crippen LogP contribution in [0.15, 0.2) is 30.0 Å². The first-order valence-electron chi connectivity index (χ1n) is 13.0. The standard InChI is InChI=1S/C28H52OSi2/c1-10-14-20-27(24-30(7,8)9)26-21-17-19-25(23-26)18-15-16-22-28(5,6)29-31(11-2,12-3)13-4/h17,19,21,23-24H,10-16,18,20,22H2,1-9H3/b27-24+. The molecule has 1 aromatic rings. The smallest absolute Gasteiger partial charge is 0.192 e. The Morgan fingerprint density at radius 3 is 2.13 bits per heavy atom. The second-order valence-corrected chi connectivity index (χ2v) is 20.9. The summed E-state index contributed by atoms with van der Waals surface area (Å²) in [5, 5.41) is 0. The highest BCUT2D eigenvalue weighted by Crippen LogP contribution is 2.31. The van der Waals surface area contributed by atoms with E-state index in [1.165, 1.54) is 74.2 Å². The molecule has 1 nitrogen and oxygen atoms in total. The fraction of sp³-hybridized carbons (Fsp3) is 0.714. The summed E-state index contributed by atoms with van der Waals surface area (Å²) in [4.78, 5) is 0. The molecular weight excluding hydrogens is 408 g/mol. The third kappa shape index (κ3) is 10.7. The Balaban J connectivity index is 2.72. The van der Waals surface area contributed by atoms with Gasteiger partial charge in [-0.2, -0.15) is 0 Å². The molecule has 0 radical (unpaired) electrons. The van der Waals surface area contributed by atoms with Crippen LogP contribution in [0.4, 0.5) is 0 Å². The highest BCUT2D eigenvalue weighted by atomic mass is 28.4. The minimum atomic E-state index is -1.53. The molecule has 178 valence electrons. The summed E-state index contributed by atoms with van der Waals surface area (Å²) in [6, 6.07) is 13.1. The van der Waals surface area contributed by atoms with Gasteiger partial charge in [-0.3, -0.25) is 0 Å². The van der Waals surface area contributed by atoms with Crippen molar-refractivity contribution < 1.29 is 4.43 Å². The molecule has 3 heteroatoms. The molecule has 0 saturated carbocycles. The number of rotatable bonds is 15. The molecule has 0 atom stereocenters. The summed E-state index contributed by atoms with van der Waals surface area (Å²) in [5.41, 5.74) is 7.17. The number of aryl methyl sites for hydroxylation is 1. The van der Waals surface area contributed by atoms with E-state index in [1.807, 2.05) is 0 Å². The Labute approximate surface area is 197 Å². The Morgan fingerprint density at radius 2 is 1.58 bits per heavy atom. The number of unbranched alkanes of at least 4 members (excludes halogenated alkanes) is 2. The van der Waals surface area contributed by atoms with E-state index in [-0.39, 0.29) is 5.60 Å². The number of hydrogen-bond acceptors (Lipinski definition) is 1. The predicted octanol–water partition coefficient (Wildman–Crippen LogP) is 9.65. The van der Waals surface area contributed by atoms with Crippen LogP contribution in [-0.4, -0.2) is 22.0 Å². The lowest BCUT2D eigenvalue weighted by Crippen LogP contribution is -2.44. The lowest BCUT2D eigenvalue weighted by atomic mass is 9.96. The van der Waals surface area contributed by atoms with Gasteiger partial charge in [0.2, 0.25) is 0 Å². The maximum absolute atomic E-state index is 6.80. The maximum Gasteiger partial charge on any atom is 0.192 e. The zero-order valence-corrected chi connectivity index (χ0v) is 24.4. The summed E-state index contributed by atoms with van der Waals surface area (Å²) in [6.45, 7) is 21.2. The van der Waals surface area contributed by atoms with Crippen LogP contribution in [0.25, 0.3) is 5.57 Å². The molecule has 0 spiro atoms. The molecule has 0 amide bonds. The molecule has 0 aliphatic rings. The van der Waals surface area contributed by atoms with Gasteiger partial charge in [0.25, 0.3) is 0 Å². The maximum atomic E-state index is 6.80. The van der Waals surface area contributed by atoms with Gasteiger partial charge in [0.1, 0.15) is 0 Å². The van der Waals surface area contributed by atoms with E-state index < -0.39 is 16.4 Å². The van der Waals surface area contributed by atoms with Crippen LogP contribution in [0.5, 0.6) is 0 Å². The summed E-state index contributed by atoms with van der Waals surface area (Å²) in [6.07, 6.45) is 8.60. The normalized spacial score (nSPS) is 13.6. The molecule has 0 saturated heterocycles. The topological polar surface area (TPSA) is 9.23 Å². The number of benzene rings is 1. The van der Waals surface area contributed by atoms with Crippen molar-refractivity contribution in [3.05, 3.63) is 41.1 Å². The largest absolute Gasteiger partial charge is 0.412 e. The van der Waals surface area contributed by atoms with Crippen molar-refractivity contribution in [1.82, 2.24) is 0 Å². The van der Waals surface area contributed by atoms with Gasteiger partial charge in [-0.1, -0.05) is 90.1 Å². The zero-order valence-electron chi connectivity index (χ0n) is 22.4. The highest BCUT2D eigenvalue weighted by Gasteiger charge is 2.35. The van der Waals surface area contributed by atoms with E-state index in [1.54, 1.807) is 5.57 Å². The summed E-state index contributed by atoms with van der Waals surface area (Å²) >= 11 is 0. The van der Waals surface area contributed by atoms with Crippen molar-refractivity contribution in [2.75, 3.05) is 0 Å². The monoisotopic (exact) mass is 460 g/mol.